The van der Waals surface area contributed by atoms with Crippen LogP contribution in [0.25, 0.3) is 13.2 Å². The Balaban J connectivity index is 0. The molecule has 20 heavy (non-hydrogen) atoms. The zero-order valence-electron chi connectivity index (χ0n) is 10.3. The second-order valence-corrected chi connectivity index (χ2v) is 3.72. The van der Waals surface area contributed by atoms with Crippen LogP contribution in [-0.4, -0.2) is 12.4 Å². The molecular formula is C18H24N2. The van der Waals surface area contributed by atoms with E-state index in [4.69, 9.17) is 0 Å². The van der Waals surface area contributed by atoms with Crippen molar-refractivity contribution in [2.75, 3.05) is 0 Å². The van der Waals surface area contributed by atoms with Gasteiger partial charge in [-0.05, 0) is 28.2 Å². The van der Waals surface area contributed by atoms with Gasteiger partial charge < -0.3 is 0 Å². The normalized spacial score (nSPS) is 11.4. The van der Waals surface area contributed by atoms with Gasteiger partial charge in [-0.1, -0.05) is 71.0 Å². The Kier molecular flexibility index (Phi) is 10.4. The number of hydrogen-bond acceptors (Lipinski definition) is 2. The van der Waals surface area contributed by atoms with Crippen molar-refractivity contribution < 1.29 is 0 Å². The molecule has 0 fully saturated rings. The fraction of sp³-hybridized carbons (Fsp3) is 0.111. The first kappa shape index (κ1) is 19.9. The molecule has 0 N–H and O–H groups in total. The lowest BCUT2D eigenvalue weighted by atomic mass is 10.1. The van der Waals surface area contributed by atoms with E-state index in [9.17, 15) is 0 Å². The maximum absolute atomic E-state index is 3.73. The summed E-state index contributed by atoms with van der Waals surface area (Å²) in [5.41, 5.74) is 1.78. The van der Waals surface area contributed by atoms with Gasteiger partial charge in [-0.2, -0.15) is 10.2 Å². The molecule has 0 heterocycles. The molecule has 0 aromatic heterocycles. The van der Waals surface area contributed by atoms with Gasteiger partial charge in [0.05, 0.1) is 5.71 Å². The topological polar surface area (TPSA) is 24.7 Å². The molecular weight excluding hydrogens is 244 g/mol. The third-order valence-electron chi connectivity index (χ3n) is 2.15. The summed E-state index contributed by atoms with van der Waals surface area (Å²) in [4.78, 5) is 0. The molecule has 0 spiro atoms. The Morgan fingerprint density at radius 1 is 0.700 bits per heavy atom. The zero-order valence-corrected chi connectivity index (χ0v) is 10.3. The highest BCUT2D eigenvalue weighted by atomic mass is 15.2. The molecule has 1 aliphatic rings. The van der Waals surface area contributed by atoms with Crippen molar-refractivity contribution in [3.63, 3.8) is 0 Å². The minimum atomic E-state index is 0. The molecule has 0 bridgehead atoms. The molecule has 0 unspecified atom stereocenters. The van der Waals surface area contributed by atoms with E-state index in [-0.39, 0.29) is 14.9 Å². The summed E-state index contributed by atoms with van der Waals surface area (Å²) in [7, 11) is 0. The molecule has 1 aliphatic carbocycles. The average Bonchev–Trinajstić information content (AvgIpc) is 2.37. The summed E-state index contributed by atoms with van der Waals surface area (Å²) in [6.45, 7) is 14.4. The van der Waals surface area contributed by atoms with E-state index in [1.807, 2.05) is 48.6 Å². The van der Waals surface area contributed by atoms with Gasteiger partial charge >= 0.3 is 0 Å². The lowest BCUT2D eigenvalue weighted by Crippen LogP contribution is -2.02. The van der Waals surface area contributed by atoms with Crippen LogP contribution in [0.2, 0.25) is 0 Å². The van der Waals surface area contributed by atoms with E-state index >= 15 is 0 Å². The summed E-state index contributed by atoms with van der Waals surface area (Å²) in [6.07, 6.45) is 7.45. The van der Waals surface area contributed by atoms with Crippen molar-refractivity contribution in [2.24, 2.45) is 10.2 Å². The predicted molar refractivity (Wildman–Crippen MR) is 94.6 cm³/mol. The van der Waals surface area contributed by atoms with Gasteiger partial charge in [0.15, 0.2) is 0 Å². The first-order valence-electron chi connectivity index (χ1n) is 5.44. The Morgan fingerprint density at radius 3 is 1.45 bits per heavy atom. The van der Waals surface area contributed by atoms with Gasteiger partial charge in [-0.25, -0.2) is 0 Å². The van der Waals surface area contributed by atoms with Crippen molar-refractivity contribution in [1.82, 2.24) is 0 Å². The minimum Gasteiger partial charge on any atom is -0.166 e. The average molecular weight is 268 g/mol. The van der Waals surface area contributed by atoms with Gasteiger partial charge in [0.25, 0.3) is 0 Å². The molecule has 2 rings (SSSR count). The first-order valence-corrected chi connectivity index (χ1v) is 5.44. The smallest absolute Gasteiger partial charge is 0.0857 e. The number of nitrogens with zero attached hydrogens (tertiary/aromatic N) is 2. The molecule has 0 saturated carbocycles. The van der Waals surface area contributed by atoms with E-state index in [0.717, 1.165) is 21.7 Å². The van der Waals surface area contributed by atoms with Gasteiger partial charge in [-0.3, -0.25) is 0 Å². The molecule has 0 atom stereocenters. The van der Waals surface area contributed by atoms with E-state index in [0.29, 0.717) is 0 Å². The lowest BCUT2D eigenvalue weighted by Gasteiger charge is -1.97. The van der Waals surface area contributed by atoms with Crippen LogP contribution in [0.15, 0.2) is 70.9 Å². The summed E-state index contributed by atoms with van der Waals surface area (Å²) in [5.74, 6) is 0. The van der Waals surface area contributed by atoms with Crippen LogP contribution in [0, 0.1) is 0 Å². The summed E-state index contributed by atoms with van der Waals surface area (Å²) < 4.78 is 0. The zero-order chi connectivity index (χ0) is 13.4. The summed E-state index contributed by atoms with van der Waals surface area (Å²) >= 11 is 0. The fourth-order valence-electron chi connectivity index (χ4n) is 1.18. The van der Waals surface area contributed by atoms with Crippen LogP contribution in [0.5, 0.6) is 0 Å². The number of rotatable bonds is 1. The second kappa shape index (κ2) is 10.4. The predicted octanol–water partition coefficient (Wildman–Crippen LogP) is 3.50. The third-order valence-corrected chi connectivity index (χ3v) is 2.15. The van der Waals surface area contributed by atoms with E-state index in [1.54, 1.807) is 0 Å². The molecule has 1 aromatic rings. The van der Waals surface area contributed by atoms with Gasteiger partial charge in [0, 0.05) is 6.72 Å². The Hall–Kier alpha value is -2.48. The largest absolute Gasteiger partial charge is 0.166 e. The van der Waals surface area contributed by atoms with E-state index < -0.39 is 0 Å². The Bertz CT molecular complexity index is 549. The quantitative estimate of drug-likeness (QED) is 0.550. The van der Waals surface area contributed by atoms with Crippen LogP contribution in [0.1, 0.15) is 14.9 Å². The SMILES string of the molecule is C.C.C=NN=C1C=CC(=C)C=C1.C=c1ccc(=C)cc1. The number of allylic oxidation sites excluding steroid dienone is 5. The lowest BCUT2D eigenvalue weighted by molar-refractivity contribution is 1.27. The fourth-order valence-corrected chi connectivity index (χ4v) is 1.18. The Morgan fingerprint density at radius 2 is 1.10 bits per heavy atom. The maximum Gasteiger partial charge on any atom is 0.0857 e. The molecule has 0 aliphatic heterocycles. The maximum atomic E-state index is 3.73. The van der Waals surface area contributed by atoms with Crippen LogP contribution < -0.4 is 10.4 Å². The first-order chi connectivity index (χ1) is 8.61. The van der Waals surface area contributed by atoms with Crippen LogP contribution in [-0.2, 0) is 0 Å². The van der Waals surface area contributed by atoms with Crippen molar-refractivity contribution in [1.29, 1.82) is 0 Å². The molecule has 2 heteroatoms. The highest BCUT2D eigenvalue weighted by Crippen LogP contribution is 2.03. The molecule has 106 valence electrons. The monoisotopic (exact) mass is 268 g/mol. The molecule has 0 saturated heterocycles. The van der Waals surface area contributed by atoms with Crippen LogP contribution >= 0.6 is 0 Å². The molecule has 0 amide bonds. The number of hydrogen-bond donors (Lipinski definition) is 0. The van der Waals surface area contributed by atoms with Crippen LogP contribution in [0.4, 0.5) is 0 Å². The van der Waals surface area contributed by atoms with Crippen molar-refractivity contribution >= 4 is 25.6 Å². The standard InChI is InChI=1S/C8H8N2.C8H8.2CH4/c1-7-3-5-8(6-4-7)10-9-2;1-7-3-5-8(2)6-4-7;;/h3-6H,1-2H2;3-6H,1-2H2;2*1H4. The summed E-state index contributed by atoms with van der Waals surface area (Å²) in [6, 6.07) is 7.79. The molecule has 2 nitrogen and oxygen atoms in total. The van der Waals surface area contributed by atoms with Gasteiger partial charge in [0.2, 0.25) is 0 Å². The highest BCUT2D eigenvalue weighted by Gasteiger charge is 1.92. The van der Waals surface area contributed by atoms with Gasteiger partial charge in [-0.15, -0.1) is 0 Å². The number of benzene rings is 1. The second-order valence-electron chi connectivity index (χ2n) is 3.72. The summed E-state index contributed by atoms with van der Waals surface area (Å²) in [5, 5.41) is 9.20. The van der Waals surface area contributed by atoms with Crippen molar-refractivity contribution in [2.45, 2.75) is 14.9 Å². The van der Waals surface area contributed by atoms with E-state index in [1.165, 1.54) is 0 Å². The third kappa shape index (κ3) is 7.77. The van der Waals surface area contributed by atoms with Gasteiger partial charge in [0.1, 0.15) is 0 Å². The molecule has 0 radical (unpaired) electrons. The van der Waals surface area contributed by atoms with Crippen molar-refractivity contribution in [3.05, 3.63) is 71.2 Å². The highest BCUT2D eigenvalue weighted by molar-refractivity contribution is 6.05. The molecule has 1 aromatic carbocycles. The Labute approximate surface area is 122 Å². The van der Waals surface area contributed by atoms with Crippen LogP contribution in [0.3, 0.4) is 0 Å². The van der Waals surface area contributed by atoms with Crippen molar-refractivity contribution in [3.8, 4) is 0 Å². The minimum absolute atomic E-state index is 0. The van der Waals surface area contributed by atoms with E-state index in [2.05, 4.69) is 36.7 Å².